The first-order valence-electron chi connectivity index (χ1n) is 6.68. The molecule has 4 nitrogen and oxygen atoms in total. The fourth-order valence-electron chi connectivity index (χ4n) is 2.30. The van der Waals surface area contributed by atoms with Crippen molar-refractivity contribution in [2.45, 2.75) is 25.4 Å². The van der Waals surface area contributed by atoms with Gasteiger partial charge in [0.05, 0.1) is 21.2 Å². The van der Waals surface area contributed by atoms with Crippen LogP contribution in [0.2, 0.25) is 15.1 Å². The van der Waals surface area contributed by atoms with Gasteiger partial charge in [0.25, 0.3) is 5.91 Å². The number of ether oxygens (including phenoxy) is 1. The van der Waals surface area contributed by atoms with Crippen molar-refractivity contribution in [2.75, 3.05) is 13.2 Å². The molecule has 2 N–H and O–H groups in total. The Morgan fingerprint density at radius 3 is 2.62 bits per heavy atom. The molecule has 1 aromatic carbocycles. The van der Waals surface area contributed by atoms with E-state index in [9.17, 15) is 9.90 Å². The van der Waals surface area contributed by atoms with Crippen LogP contribution in [0.4, 0.5) is 0 Å². The van der Waals surface area contributed by atoms with E-state index in [1.165, 1.54) is 12.1 Å². The Morgan fingerprint density at radius 1 is 1.24 bits per heavy atom. The number of hydrogen-bond donors (Lipinski definition) is 2. The molecule has 21 heavy (non-hydrogen) atoms. The molecule has 1 aromatic rings. The summed E-state index contributed by atoms with van der Waals surface area (Å²) in [6.07, 6.45) is 2.23. The standard InChI is InChI=1S/C14H16Cl3NO3/c15-10-4-12(17)13(5-11(10)16)21-7-14(20)18-6-8-1-2-9(19)3-8/h4-5,8-9,19H,1-3,6-7H2,(H,18,20). The Labute approximate surface area is 138 Å². The summed E-state index contributed by atoms with van der Waals surface area (Å²) in [5, 5.41) is 13.2. The van der Waals surface area contributed by atoms with E-state index in [4.69, 9.17) is 39.5 Å². The molecule has 0 spiro atoms. The van der Waals surface area contributed by atoms with E-state index in [1.807, 2.05) is 0 Å². The zero-order valence-electron chi connectivity index (χ0n) is 11.2. The van der Waals surface area contributed by atoms with Crippen LogP contribution in [0, 0.1) is 5.92 Å². The molecule has 2 unspecified atom stereocenters. The van der Waals surface area contributed by atoms with Gasteiger partial charge in [-0.2, -0.15) is 0 Å². The van der Waals surface area contributed by atoms with Gasteiger partial charge < -0.3 is 15.2 Å². The van der Waals surface area contributed by atoms with Gasteiger partial charge in [-0.15, -0.1) is 0 Å². The van der Waals surface area contributed by atoms with E-state index in [1.54, 1.807) is 0 Å². The average Bonchev–Trinajstić information content (AvgIpc) is 2.85. The molecule has 1 fully saturated rings. The fourth-order valence-corrected chi connectivity index (χ4v) is 2.89. The van der Waals surface area contributed by atoms with Crippen molar-refractivity contribution >= 4 is 40.7 Å². The molecule has 0 aromatic heterocycles. The summed E-state index contributed by atoms with van der Waals surface area (Å²) in [5.41, 5.74) is 0. The Morgan fingerprint density at radius 2 is 1.95 bits per heavy atom. The molecule has 2 atom stereocenters. The summed E-state index contributed by atoms with van der Waals surface area (Å²) >= 11 is 17.6. The third-order valence-electron chi connectivity index (χ3n) is 3.44. The lowest BCUT2D eigenvalue weighted by molar-refractivity contribution is -0.123. The lowest BCUT2D eigenvalue weighted by Crippen LogP contribution is -2.32. The van der Waals surface area contributed by atoms with Crippen LogP contribution in [0.3, 0.4) is 0 Å². The number of aliphatic hydroxyl groups excluding tert-OH is 1. The first-order chi connectivity index (χ1) is 9.95. The number of benzene rings is 1. The van der Waals surface area contributed by atoms with Gasteiger partial charge >= 0.3 is 0 Å². The SMILES string of the molecule is O=C(COc1cc(Cl)c(Cl)cc1Cl)NCC1CCC(O)C1. The zero-order chi connectivity index (χ0) is 15.4. The summed E-state index contributed by atoms with van der Waals surface area (Å²) in [7, 11) is 0. The molecule has 0 saturated heterocycles. The van der Waals surface area contributed by atoms with Crippen LogP contribution in [0.15, 0.2) is 12.1 Å². The maximum atomic E-state index is 11.7. The van der Waals surface area contributed by atoms with Crippen molar-refractivity contribution in [3.8, 4) is 5.75 Å². The number of aliphatic hydroxyl groups is 1. The van der Waals surface area contributed by atoms with E-state index >= 15 is 0 Å². The third kappa shape index (κ3) is 4.92. The van der Waals surface area contributed by atoms with Gasteiger partial charge in [0.2, 0.25) is 0 Å². The largest absolute Gasteiger partial charge is 0.482 e. The van der Waals surface area contributed by atoms with Crippen LogP contribution < -0.4 is 10.1 Å². The minimum absolute atomic E-state index is 0.146. The van der Waals surface area contributed by atoms with Crippen molar-refractivity contribution in [1.29, 1.82) is 0 Å². The van der Waals surface area contributed by atoms with Gasteiger partial charge in [-0.1, -0.05) is 34.8 Å². The third-order valence-corrected chi connectivity index (χ3v) is 4.45. The normalized spacial score (nSPS) is 21.3. The first-order valence-corrected chi connectivity index (χ1v) is 7.81. The number of halogens is 3. The molecule has 7 heteroatoms. The monoisotopic (exact) mass is 351 g/mol. The molecular formula is C14H16Cl3NO3. The van der Waals surface area contributed by atoms with Crippen molar-refractivity contribution in [3.05, 3.63) is 27.2 Å². The Hall–Kier alpha value is -0.680. The maximum absolute atomic E-state index is 11.7. The second-order valence-corrected chi connectivity index (χ2v) is 6.34. The zero-order valence-corrected chi connectivity index (χ0v) is 13.5. The highest BCUT2D eigenvalue weighted by Crippen LogP contribution is 2.33. The second-order valence-electron chi connectivity index (χ2n) is 5.12. The first kappa shape index (κ1) is 16.7. The molecule has 0 bridgehead atoms. The van der Waals surface area contributed by atoms with E-state index in [-0.39, 0.29) is 18.6 Å². The predicted octanol–water partition coefficient (Wildman–Crippen LogP) is 3.30. The van der Waals surface area contributed by atoms with E-state index in [2.05, 4.69) is 5.32 Å². The number of carbonyl (C=O) groups excluding carboxylic acids is 1. The Bertz CT molecular complexity index is 524. The topological polar surface area (TPSA) is 58.6 Å². The van der Waals surface area contributed by atoms with Crippen LogP contribution >= 0.6 is 34.8 Å². The highest BCUT2D eigenvalue weighted by Gasteiger charge is 2.23. The lowest BCUT2D eigenvalue weighted by atomic mass is 10.1. The molecule has 1 aliphatic carbocycles. The highest BCUT2D eigenvalue weighted by molar-refractivity contribution is 6.43. The minimum atomic E-state index is -0.238. The summed E-state index contributed by atoms with van der Waals surface area (Å²) in [4.78, 5) is 11.7. The van der Waals surface area contributed by atoms with E-state index in [0.717, 1.165) is 19.3 Å². The average molecular weight is 353 g/mol. The Kier molecular flexibility index (Phi) is 5.99. The van der Waals surface area contributed by atoms with Gasteiger partial charge in [-0.3, -0.25) is 4.79 Å². The number of carbonyl (C=O) groups is 1. The number of nitrogens with one attached hydrogen (secondary N) is 1. The van der Waals surface area contributed by atoms with Crippen molar-refractivity contribution in [3.63, 3.8) is 0 Å². The van der Waals surface area contributed by atoms with Gasteiger partial charge in [-0.25, -0.2) is 0 Å². The molecule has 1 amide bonds. The second kappa shape index (κ2) is 7.54. The molecule has 116 valence electrons. The molecule has 0 aliphatic heterocycles. The quantitative estimate of drug-likeness (QED) is 0.799. The van der Waals surface area contributed by atoms with Gasteiger partial charge in [0, 0.05) is 12.6 Å². The summed E-state index contributed by atoms with van der Waals surface area (Å²) < 4.78 is 5.33. The number of amides is 1. The van der Waals surface area contributed by atoms with Crippen LogP contribution in [0.1, 0.15) is 19.3 Å². The smallest absolute Gasteiger partial charge is 0.257 e. The van der Waals surface area contributed by atoms with Crippen molar-refractivity contribution in [1.82, 2.24) is 5.32 Å². The maximum Gasteiger partial charge on any atom is 0.257 e. The molecule has 0 radical (unpaired) electrons. The molecule has 0 heterocycles. The molecular weight excluding hydrogens is 337 g/mol. The van der Waals surface area contributed by atoms with Crippen LogP contribution in [-0.4, -0.2) is 30.3 Å². The summed E-state index contributed by atoms with van der Waals surface area (Å²) in [5.74, 6) is 0.411. The fraction of sp³-hybridized carbons (Fsp3) is 0.500. The number of hydrogen-bond acceptors (Lipinski definition) is 3. The van der Waals surface area contributed by atoms with Gasteiger partial charge in [0.15, 0.2) is 6.61 Å². The number of rotatable bonds is 5. The van der Waals surface area contributed by atoms with Crippen LogP contribution in [0.5, 0.6) is 5.75 Å². The molecule has 2 rings (SSSR count). The molecule has 1 aliphatic rings. The van der Waals surface area contributed by atoms with Crippen molar-refractivity contribution < 1.29 is 14.6 Å². The summed E-state index contributed by atoms with van der Waals surface area (Å²) in [6.45, 7) is 0.404. The lowest BCUT2D eigenvalue weighted by Gasteiger charge is -2.12. The van der Waals surface area contributed by atoms with Crippen LogP contribution in [-0.2, 0) is 4.79 Å². The van der Waals surface area contributed by atoms with E-state index in [0.29, 0.717) is 33.3 Å². The summed E-state index contributed by atoms with van der Waals surface area (Å²) in [6, 6.07) is 2.95. The predicted molar refractivity (Wildman–Crippen MR) is 83.3 cm³/mol. The van der Waals surface area contributed by atoms with E-state index < -0.39 is 0 Å². The van der Waals surface area contributed by atoms with Crippen LogP contribution in [0.25, 0.3) is 0 Å². The molecule has 1 saturated carbocycles. The van der Waals surface area contributed by atoms with Gasteiger partial charge in [0.1, 0.15) is 5.75 Å². The van der Waals surface area contributed by atoms with Crippen molar-refractivity contribution in [2.24, 2.45) is 5.92 Å². The van der Waals surface area contributed by atoms with Gasteiger partial charge in [-0.05, 0) is 31.2 Å². The highest BCUT2D eigenvalue weighted by atomic mass is 35.5. The Balaban J connectivity index is 1.77. The minimum Gasteiger partial charge on any atom is -0.482 e.